The van der Waals surface area contributed by atoms with Crippen LogP contribution in [0.1, 0.15) is 47.6 Å². The molecule has 3 aromatic rings. The number of amides is 2. The molecular weight excluding hydrogens is 538 g/mol. The van der Waals surface area contributed by atoms with Gasteiger partial charge in [0.05, 0.1) is 17.7 Å². The summed E-state index contributed by atoms with van der Waals surface area (Å²) >= 11 is 0. The van der Waals surface area contributed by atoms with Crippen molar-refractivity contribution < 1.29 is 40.7 Å². The summed E-state index contributed by atoms with van der Waals surface area (Å²) in [5, 5.41) is 5.10. The molecule has 0 saturated heterocycles. The van der Waals surface area contributed by atoms with Gasteiger partial charge >= 0.3 is 18.4 Å². The van der Waals surface area contributed by atoms with E-state index in [0.29, 0.717) is 29.7 Å². The van der Waals surface area contributed by atoms with Gasteiger partial charge in [0.2, 0.25) is 5.91 Å². The molecule has 0 fully saturated rings. The zero-order valence-electron chi connectivity index (χ0n) is 21.5. The minimum atomic E-state index is -5.03. The number of hydrogen-bond donors (Lipinski definition) is 2. The van der Waals surface area contributed by atoms with E-state index in [1.54, 1.807) is 60.7 Å². The number of nitrogens with one attached hydrogen (secondary N) is 2. The lowest BCUT2D eigenvalue weighted by Gasteiger charge is -2.34. The highest BCUT2D eigenvalue weighted by atomic mass is 19.4. The molecule has 0 aliphatic carbocycles. The number of carbonyl (C=O) groups excluding carboxylic acids is 2. The van der Waals surface area contributed by atoms with Gasteiger partial charge in [0.25, 0.3) is 0 Å². The molecule has 0 radical (unpaired) electrons. The molecule has 40 heavy (non-hydrogen) atoms. The number of halogens is 6. The largest absolute Gasteiger partial charge is 0.450 e. The number of alkyl carbamates (subject to hydrolysis) is 1. The first kappa shape index (κ1) is 30.5. The van der Waals surface area contributed by atoms with Crippen LogP contribution >= 0.6 is 0 Å². The maximum Gasteiger partial charge on any atom is 0.416 e. The van der Waals surface area contributed by atoms with E-state index in [0.717, 1.165) is 6.42 Å². The molecule has 0 bridgehead atoms. The van der Waals surface area contributed by atoms with Crippen molar-refractivity contribution in [2.75, 3.05) is 13.2 Å². The number of alkyl halides is 6. The van der Waals surface area contributed by atoms with Crippen molar-refractivity contribution in [1.82, 2.24) is 10.6 Å². The molecule has 0 unspecified atom stereocenters. The van der Waals surface area contributed by atoms with Gasteiger partial charge in [0.1, 0.15) is 5.41 Å². The Labute approximate surface area is 227 Å². The van der Waals surface area contributed by atoms with Crippen LogP contribution in [-0.4, -0.2) is 25.2 Å². The average Bonchev–Trinajstić information content (AvgIpc) is 2.92. The summed E-state index contributed by atoms with van der Waals surface area (Å²) in [6.45, 7) is 1.15. The molecule has 3 rings (SSSR count). The van der Waals surface area contributed by atoms with Crippen molar-refractivity contribution in [3.05, 3.63) is 107 Å². The topological polar surface area (TPSA) is 67.4 Å². The van der Waals surface area contributed by atoms with Gasteiger partial charge in [-0.05, 0) is 41.3 Å². The van der Waals surface area contributed by atoms with Crippen LogP contribution in [0.15, 0.2) is 78.9 Å². The van der Waals surface area contributed by atoms with Crippen LogP contribution in [0.4, 0.5) is 31.1 Å². The summed E-state index contributed by atoms with van der Waals surface area (Å²) in [4.78, 5) is 26.3. The lowest BCUT2D eigenvalue weighted by molar-refractivity contribution is -0.143. The minimum absolute atomic E-state index is 0.0254. The first-order valence-electron chi connectivity index (χ1n) is 12.5. The summed E-state index contributed by atoms with van der Waals surface area (Å²) in [6, 6.07) is 17.8. The molecule has 2 N–H and O–H groups in total. The maximum atomic E-state index is 13.9. The summed E-state index contributed by atoms with van der Waals surface area (Å²) in [6.07, 6.45) is -9.41. The Morgan fingerprint density at radius 1 is 0.725 bits per heavy atom. The third kappa shape index (κ3) is 7.55. The molecule has 214 valence electrons. The third-order valence-electron chi connectivity index (χ3n) is 6.25. The van der Waals surface area contributed by atoms with E-state index >= 15 is 0 Å². The number of hydrogen-bond acceptors (Lipinski definition) is 3. The lowest BCUT2D eigenvalue weighted by atomic mass is 9.73. The molecular formula is C29H28F6N2O3. The van der Waals surface area contributed by atoms with Crippen LogP contribution in [0.25, 0.3) is 0 Å². The van der Waals surface area contributed by atoms with E-state index in [4.69, 9.17) is 4.74 Å². The van der Waals surface area contributed by atoms with E-state index < -0.39 is 53.0 Å². The van der Waals surface area contributed by atoms with Gasteiger partial charge in [-0.2, -0.15) is 26.3 Å². The summed E-state index contributed by atoms with van der Waals surface area (Å²) in [5.41, 5.74) is -4.08. The predicted molar refractivity (Wildman–Crippen MR) is 136 cm³/mol. The highest BCUT2D eigenvalue weighted by Crippen LogP contribution is 2.37. The van der Waals surface area contributed by atoms with Crippen molar-refractivity contribution in [2.45, 2.75) is 44.1 Å². The first-order valence-corrected chi connectivity index (χ1v) is 12.5. The van der Waals surface area contributed by atoms with E-state index in [1.807, 2.05) is 6.92 Å². The van der Waals surface area contributed by atoms with E-state index in [-0.39, 0.29) is 19.2 Å². The van der Waals surface area contributed by atoms with Gasteiger partial charge in [-0.1, -0.05) is 74.0 Å². The van der Waals surface area contributed by atoms with Crippen molar-refractivity contribution in [3.63, 3.8) is 0 Å². The van der Waals surface area contributed by atoms with E-state index in [1.165, 1.54) is 0 Å². The Balaban J connectivity index is 2.01. The predicted octanol–water partition coefficient (Wildman–Crippen LogP) is 6.85. The monoisotopic (exact) mass is 566 g/mol. The lowest BCUT2D eigenvalue weighted by Crippen LogP contribution is -2.52. The third-order valence-corrected chi connectivity index (χ3v) is 6.25. The van der Waals surface area contributed by atoms with Gasteiger partial charge < -0.3 is 15.4 Å². The number of unbranched alkanes of at least 4 members (excludes halogenated alkanes) is 1. The van der Waals surface area contributed by atoms with Crippen molar-refractivity contribution in [2.24, 2.45) is 0 Å². The molecule has 0 heterocycles. The van der Waals surface area contributed by atoms with E-state index in [2.05, 4.69) is 10.6 Å². The van der Waals surface area contributed by atoms with Gasteiger partial charge in [0, 0.05) is 13.1 Å². The fourth-order valence-electron chi connectivity index (χ4n) is 4.18. The van der Waals surface area contributed by atoms with Crippen molar-refractivity contribution >= 4 is 12.0 Å². The molecule has 0 saturated carbocycles. The van der Waals surface area contributed by atoms with Crippen LogP contribution in [0, 0.1) is 0 Å². The Kier molecular flexibility index (Phi) is 9.83. The number of carbonyl (C=O) groups is 2. The molecule has 0 spiro atoms. The second kappa shape index (κ2) is 12.9. The summed E-state index contributed by atoms with van der Waals surface area (Å²) in [5.74, 6) is -0.746. The Hall–Kier alpha value is -4.02. The first-order chi connectivity index (χ1) is 18.9. The zero-order chi connectivity index (χ0) is 29.4. The maximum absolute atomic E-state index is 13.9. The van der Waals surface area contributed by atoms with Gasteiger partial charge in [0.15, 0.2) is 0 Å². The fourth-order valence-corrected chi connectivity index (χ4v) is 4.18. The normalized spacial score (nSPS) is 12.1. The second-order valence-corrected chi connectivity index (χ2v) is 9.08. The zero-order valence-corrected chi connectivity index (χ0v) is 21.5. The smallest absolute Gasteiger partial charge is 0.416 e. The van der Waals surface area contributed by atoms with Crippen LogP contribution in [-0.2, 0) is 33.8 Å². The van der Waals surface area contributed by atoms with Gasteiger partial charge in [-0.15, -0.1) is 0 Å². The standard InChI is InChI=1S/C29H28F6N2O3/c1-2-3-14-40-26(39)37-19-27(21-10-6-4-7-11-21,22-12-8-5-9-13-22)25(38)36-18-20-15-23(28(30,31)32)17-24(16-20)29(33,34)35/h4-13,15-17H,2-3,14,18-19H2,1H3,(H,36,38)(H,37,39). The average molecular weight is 567 g/mol. The highest BCUT2D eigenvalue weighted by Gasteiger charge is 2.43. The highest BCUT2D eigenvalue weighted by molar-refractivity contribution is 5.93. The summed E-state index contributed by atoms with van der Waals surface area (Å²) < 4.78 is 85.2. The van der Waals surface area contributed by atoms with Crippen molar-refractivity contribution in [3.8, 4) is 0 Å². The molecule has 2 amide bonds. The van der Waals surface area contributed by atoms with Gasteiger partial charge in [-0.25, -0.2) is 4.79 Å². The molecule has 0 aromatic heterocycles. The van der Waals surface area contributed by atoms with Gasteiger partial charge in [-0.3, -0.25) is 4.79 Å². The SMILES string of the molecule is CCCCOC(=O)NCC(C(=O)NCc1cc(C(F)(F)F)cc(C(F)(F)F)c1)(c1ccccc1)c1ccccc1. The number of benzene rings is 3. The van der Waals surface area contributed by atoms with Crippen LogP contribution in [0.5, 0.6) is 0 Å². The fraction of sp³-hybridized carbons (Fsp3) is 0.310. The number of ether oxygens (including phenoxy) is 1. The molecule has 5 nitrogen and oxygen atoms in total. The molecule has 0 atom stereocenters. The molecule has 0 aliphatic rings. The number of rotatable bonds is 10. The minimum Gasteiger partial charge on any atom is -0.450 e. The van der Waals surface area contributed by atoms with Crippen molar-refractivity contribution in [1.29, 1.82) is 0 Å². The molecule has 0 aliphatic heterocycles. The van der Waals surface area contributed by atoms with Crippen LogP contribution in [0.2, 0.25) is 0 Å². The molecule has 3 aromatic carbocycles. The quantitative estimate of drug-likeness (QED) is 0.208. The van der Waals surface area contributed by atoms with Crippen LogP contribution < -0.4 is 10.6 Å². The summed E-state index contributed by atoms with van der Waals surface area (Å²) in [7, 11) is 0. The van der Waals surface area contributed by atoms with Crippen LogP contribution in [0.3, 0.4) is 0 Å². The second-order valence-electron chi connectivity index (χ2n) is 9.08. The molecule has 11 heteroatoms. The Morgan fingerprint density at radius 2 is 1.23 bits per heavy atom. The van der Waals surface area contributed by atoms with E-state index in [9.17, 15) is 35.9 Å². The Morgan fingerprint density at radius 3 is 1.68 bits per heavy atom. The Bertz CT molecular complexity index is 1210.